The molecule has 1 N–H and O–H groups in total. The van der Waals surface area contributed by atoms with Crippen molar-refractivity contribution < 1.29 is 19.1 Å². The first kappa shape index (κ1) is 23.0. The molecule has 0 saturated heterocycles. The number of methoxy groups -OCH3 is 2. The summed E-state index contributed by atoms with van der Waals surface area (Å²) in [6, 6.07) is 18.8. The third kappa shape index (κ3) is 5.53. The highest BCUT2D eigenvalue weighted by Gasteiger charge is 2.21. The van der Waals surface area contributed by atoms with Crippen LogP contribution in [0.25, 0.3) is 16.9 Å². The number of nitrogens with one attached hydrogen (secondary N) is 1. The predicted octanol–water partition coefficient (Wildman–Crippen LogP) is 3.37. The van der Waals surface area contributed by atoms with Gasteiger partial charge in [-0.05, 0) is 38.1 Å². The molecule has 168 valence electrons. The van der Waals surface area contributed by atoms with Gasteiger partial charge in [0.2, 0.25) is 11.8 Å². The summed E-state index contributed by atoms with van der Waals surface area (Å²) in [6.45, 7) is 3.55. The Kier molecular flexibility index (Phi) is 7.62. The molecule has 3 aromatic rings. The highest BCUT2D eigenvalue weighted by molar-refractivity contribution is 5.94. The topological polar surface area (TPSA) is 85.7 Å². The quantitative estimate of drug-likeness (QED) is 0.556. The normalized spacial score (nSPS) is 10.8. The second kappa shape index (κ2) is 10.6. The third-order valence-corrected chi connectivity index (χ3v) is 4.89. The molecule has 0 spiro atoms. The van der Waals surface area contributed by atoms with Gasteiger partial charge in [0, 0.05) is 24.8 Å². The van der Waals surface area contributed by atoms with E-state index in [2.05, 4.69) is 5.32 Å². The van der Waals surface area contributed by atoms with Gasteiger partial charge in [-0.3, -0.25) is 9.59 Å². The van der Waals surface area contributed by atoms with E-state index in [1.165, 1.54) is 12.0 Å². The Hall–Kier alpha value is -3.65. The van der Waals surface area contributed by atoms with Gasteiger partial charge in [-0.15, -0.1) is 0 Å². The van der Waals surface area contributed by atoms with Gasteiger partial charge in [-0.1, -0.05) is 30.3 Å². The second-order valence-corrected chi connectivity index (χ2v) is 7.49. The number of ether oxygens (including phenoxy) is 2. The van der Waals surface area contributed by atoms with Gasteiger partial charge in [0.25, 0.3) is 0 Å². The predicted molar refractivity (Wildman–Crippen MR) is 123 cm³/mol. The molecule has 2 amide bonds. The van der Waals surface area contributed by atoms with Crippen LogP contribution in [0, 0.1) is 0 Å². The Balaban J connectivity index is 1.90. The second-order valence-electron chi connectivity index (χ2n) is 7.49. The lowest BCUT2D eigenvalue weighted by Gasteiger charge is -2.25. The SMILES string of the molecule is COCC(=O)N(CC(=O)Nc1cc(-c2ccccc2)nn1-c1ccc(OC)cc1)C(C)C. The molecule has 0 bridgehead atoms. The fourth-order valence-electron chi connectivity index (χ4n) is 3.24. The van der Waals surface area contributed by atoms with Crippen molar-refractivity contribution in [2.75, 3.05) is 32.7 Å². The number of amides is 2. The van der Waals surface area contributed by atoms with Gasteiger partial charge in [0.1, 0.15) is 24.7 Å². The molecule has 1 aromatic heterocycles. The lowest BCUT2D eigenvalue weighted by Crippen LogP contribution is -2.44. The van der Waals surface area contributed by atoms with Crippen LogP contribution < -0.4 is 10.1 Å². The molecule has 32 heavy (non-hydrogen) atoms. The van der Waals surface area contributed by atoms with E-state index in [0.29, 0.717) is 11.5 Å². The number of nitrogens with zero attached hydrogens (tertiary/aromatic N) is 3. The molecule has 0 fully saturated rings. The molecule has 0 radical (unpaired) electrons. The summed E-state index contributed by atoms with van der Waals surface area (Å²) in [6.07, 6.45) is 0. The molecule has 0 aliphatic rings. The zero-order valence-corrected chi connectivity index (χ0v) is 18.7. The number of anilines is 1. The van der Waals surface area contributed by atoms with Crippen molar-refractivity contribution in [2.45, 2.75) is 19.9 Å². The van der Waals surface area contributed by atoms with Crippen molar-refractivity contribution in [3.05, 3.63) is 60.7 Å². The Morgan fingerprint density at radius 3 is 2.34 bits per heavy atom. The van der Waals surface area contributed by atoms with E-state index in [9.17, 15) is 9.59 Å². The van der Waals surface area contributed by atoms with Crippen LogP contribution in [0.15, 0.2) is 60.7 Å². The fourth-order valence-corrected chi connectivity index (χ4v) is 3.24. The molecule has 2 aromatic carbocycles. The molecule has 0 aliphatic heterocycles. The summed E-state index contributed by atoms with van der Waals surface area (Å²) >= 11 is 0. The minimum atomic E-state index is -0.322. The third-order valence-electron chi connectivity index (χ3n) is 4.89. The monoisotopic (exact) mass is 436 g/mol. The molecule has 0 unspecified atom stereocenters. The van der Waals surface area contributed by atoms with Gasteiger partial charge in [0.15, 0.2) is 0 Å². The van der Waals surface area contributed by atoms with E-state index in [1.54, 1.807) is 11.8 Å². The Labute approximate surface area is 187 Å². The van der Waals surface area contributed by atoms with E-state index in [1.807, 2.05) is 74.5 Å². The summed E-state index contributed by atoms with van der Waals surface area (Å²) in [5, 5.41) is 7.60. The van der Waals surface area contributed by atoms with Crippen molar-refractivity contribution in [3.8, 4) is 22.7 Å². The summed E-state index contributed by atoms with van der Waals surface area (Å²) in [7, 11) is 3.06. The summed E-state index contributed by atoms with van der Waals surface area (Å²) in [4.78, 5) is 26.6. The number of hydrogen-bond donors (Lipinski definition) is 1. The van der Waals surface area contributed by atoms with E-state index in [4.69, 9.17) is 14.6 Å². The van der Waals surface area contributed by atoms with E-state index in [0.717, 1.165) is 17.0 Å². The van der Waals surface area contributed by atoms with Crippen molar-refractivity contribution in [1.29, 1.82) is 0 Å². The lowest BCUT2D eigenvalue weighted by molar-refractivity contribution is -0.139. The molecule has 0 atom stereocenters. The summed E-state index contributed by atoms with van der Waals surface area (Å²) < 4.78 is 11.8. The zero-order chi connectivity index (χ0) is 23.1. The summed E-state index contributed by atoms with van der Waals surface area (Å²) in [5.41, 5.74) is 2.40. The summed E-state index contributed by atoms with van der Waals surface area (Å²) in [5.74, 6) is 0.657. The first-order chi connectivity index (χ1) is 15.4. The van der Waals surface area contributed by atoms with Gasteiger partial charge < -0.3 is 19.7 Å². The molecule has 8 heteroatoms. The Bertz CT molecular complexity index is 1050. The average molecular weight is 437 g/mol. The van der Waals surface area contributed by atoms with E-state index >= 15 is 0 Å². The van der Waals surface area contributed by atoms with Crippen LogP contribution in [0.1, 0.15) is 13.8 Å². The standard InChI is InChI=1S/C24H28N4O4/c1-17(2)27(24(30)16-31-3)15-23(29)25-22-14-21(18-8-6-5-7-9-18)26-28(22)19-10-12-20(32-4)13-11-19/h5-14,17H,15-16H2,1-4H3,(H,25,29). The maximum Gasteiger partial charge on any atom is 0.249 e. The fraction of sp³-hybridized carbons (Fsp3) is 0.292. The van der Waals surface area contributed by atoms with Gasteiger partial charge >= 0.3 is 0 Å². The highest BCUT2D eigenvalue weighted by atomic mass is 16.5. The molecule has 0 saturated carbocycles. The van der Waals surface area contributed by atoms with Crippen LogP contribution in [0.4, 0.5) is 5.82 Å². The van der Waals surface area contributed by atoms with Gasteiger partial charge in [0.05, 0.1) is 18.5 Å². The number of carbonyl (C=O) groups excluding carboxylic acids is 2. The Morgan fingerprint density at radius 2 is 1.75 bits per heavy atom. The molecular weight excluding hydrogens is 408 g/mol. The number of hydrogen-bond acceptors (Lipinski definition) is 5. The molecule has 8 nitrogen and oxygen atoms in total. The maximum absolute atomic E-state index is 12.9. The van der Waals surface area contributed by atoms with Crippen LogP contribution in [-0.2, 0) is 14.3 Å². The molecule has 3 rings (SSSR count). The van der Waals surface area contributed by atoms with Crippen molar-refractivity contribution in [3.63, 3.8) is 0 Å². The van der Waals surface area contributed by atoms with Crippen LogP contribution in [0.3, 0.4) is 0 Å². The lowest BCUT2D eigenvalue weighted by atomic mass is 10.1. The van der Waals surface area contributed by atoms with Crippen molar-refractivity contribution >= 4 is 17.6 Å². The number of rotatable bonds is 9. The van der Waals surface area contributed by atoms with Crippen LogP contribution in [0.5, 0.6) is 5.75 Å². The Morgan fingerprint density at radius 1 is 1.06 bits per heavy atom. The van der Waals surface area contributed by atoms with Crippen LogP contribution >= 0.6 is 0 Å². The average Bonchev–Trinajstić information content (AvgIpc) is 3.21. The van der Waals surface area contributed by atoms with E-state index < -0.39 is 0 Å². The van der Waals surface area contributed by atoms with Crippen molar-refractivity contribution in [1.82, 2.24) is 14.7 Å². The number of carbonyl (C=O) groups is 2. The van der Waals surface area contributed by atoms with Crippen LogP contribution in [-0.4, -0.2) is 59.9 Å². The maximum atomic E-state index is 12.9. The minimum absolute atomic E-state index is 0.0760. The van der Waals surface area contributed by atoms with Gasteiger partial charge in [-0.2, -0.15) is 5.10 Å². The van der Waals surface area contributed by atoms with Gasteiger partial charge in [-0.25, -0.2) is 4.68 Å². The molecule has 0 aliphatic carbocycles. The smallest absolute Gasteiger partial charge is 0.249 e. The molecular formula is C24H28N4O4. The minimum Gasteiger partial charge on any atom is -0.497 e. The first-order valence-corrected chi connectivity index (χ1v) is 10.3. The largest absolute Gasteiger partial charge is 0.497 e. The van der Waals surface area contributed by atoms with E-state index in [-0.39, 0.29) is 31.0 Å². The highest BCUT2D eigenvalue weighted by Crippen LogP contribution is 2.25. The van der Waals surface area contributed by atoms with Crippen LogP contribution in [0.2, 0.25) is 0 Å². The number of benzene rings is 2. The first-order valence-electron chi connectivity index (χ1n) is 10.3. The van der Waals surface area contributed by atoms with Crippen molar-refractivity contribution in [2.24, 2.45) is 0 Å². The number of aromatic nitrogens is 2. The molecule has 1 heterocycles. The zero-order valence-electron chi connectivity index (χ0n) is 18.7.